The summed E-state index contributed by atoms with van der Waals surface area (Å²) in [5.41, 5.74) is 2.13. The van der Waals surface area contributed by atoms with Gasteiger partial charge < -0.3 is 14.6 Å². The number of nitrogens with zero attached hydrogens (tertiary/aromatic N) is 1. The fourth-order valence-electron chi connectivity index (χ4n) is 2.99. The van der Waals surface area contributed by atoms with Gasteiger partial charge in [-0.3, -0.25) is 0 Å². The summed E-state index contributed by atoms with van der Waals surface area (Å²) in [6, 6.07) is 11.7. The first-order valence-corrected chi connectivity index (χ1v) is 8.05. The van der Waals surface area contributed by atoms with E-state index in [4.69, 9.17) is 23.2 Å². The van der Waals surface area contributed by atoms with Crippen LogP contribution in [0.2, 0.25) is 10.0 Å². The van der Waals surface area contributed by atoms with Crippen molar-refractivity contribution in [3.8, 4) is 0 Å². The van der Waals surface area contributed by atoms with Gasteiger partial charge in [-0.05, 0) is 36.4 Å². The molecule has 2 aromatic carbocycles. The van der Waals surface area contributed by atoms with Crippen LogP contribution in [0.15, 0.2) is 36.4 Å². The maximum Gasteiger partial charge on any atom is 0.121 e. The molecule has 0 radical (unpaired) electrons. The molecule has 0 bridgehead atoms. The molecule has 2 N–H and O–H groups in total. The molecule has 0 aliphatic rings. The third-order valence-electron chi connectivity index (χ3n) is 3.83. The van der Waals surface area contributed by atoms with Crippen LogP contribution in [0.4, 0.5) is 0 Å². The lowest BCUT2D eigenvalue weighted by Crippen LogP contribution is -3.07. The second kappa shape index (κ2) is 6.09. The highest BCUT2D eigenvalue weighted by atomic mass is 35.5. The number of nitrogens with one attached hydrogen (secondary N) is 1. The number of aliphatic hydroxyl groups is 1. The van der Waals surface area contributed by atoms with Gasteiger partial charge in [-0.1, -0.05) is 23.2 Å². The van der Waals surface area contributed by atoms with Crippen molar-refractivity contribution in [3.05, 3.63) is 46.4 Å². The molecule has 0 aliphatic carbocycles. The Kier molecular flexibility index (Phi) is 4.33. The van der Waals surface area contributed by atoms with Gasteiger partial charge in [-0.25, -0.2) is 0 Å². The number of halogens is 2. The van der Waals surface area contributed by atoms with Crippen molar-refractivity contribution in [2.45, 2.75) is 12.6 Å². The quantitative estimate of drug-likeness (QED) is 0.753. The lowest BCUT2D eigenvalue weighted by molar-refractivity contribution is -0.861. The topological polar surface area (TPSA) is 29.6 Å². The Hall–Kier alpha value is -1.26. The summed E-state index contributed by atoms with van der Waals surface area (Å²) in [4.78, 5) is 1.22. The van der Waals surface area contributed by atoms with Crippen molar-refractivity contribution in [2.24, 2.45) is 0 Å². The smallest absolute Gasteiger partial charge is 0.121 e. The van der Waals surface area contributed by atoms with Crippen LogP contribution in [-0.4, -0.2) is 36.4 Å². The van der Waals surface area contributed by atoms with E-state index in [2.05, 4.69) is 4.57 Å². The summed E-state index contributed by atoms with van der Waals surface area (Å²) < 4.78 is 2.14. The highest BCUT2D eigenvalue weighted by Gasteiger charge is 2.16. The van der Waals surface area contributed by atoms with E-state index in [0.29, 0.717) is 23.1 Å². The molecule has 22 heavy (non-hydrogen) atoms. The molecule has 0 spiro atoms. The minimum absolute atomic E-state index is 0.407. The van der Waals surface area contributed by atoms with E-state index in [0.717, 1.165) is 21.8 Å². The molecule has 0 saturated heterocycles. The lowest BCUT2D eigenvalue weighted by atomic mass is 10.1. The van der Waals surface area contributed by atoms with Crippen LogP contribution >= 0.6 is 23.2 Å². The molecule has 0 saturated carbocycles. The molecule has 0 amide bonds. The van der Waals surface area contributed by atoms with Gasteiger partial charge >= 0.3 is 0 Å². The summed E-state index contributed by atoms with van der Waals surface area (Å²) >= 11 is 12.3. The van der Waals surface area contributed by atoms with Crippen LogP contribution in [0, 0.1) is 0 Å². The molecular formula is C17H19Cl2N2O+. The number of hydrogen-bond acceptors (Lipinski definition) is 1. The Labute approximate surface area is 139 Å². The molecule has 3 nitrogen and oxygen atoms in total. The SMILES string of the molecule is C[NH+](C)C[C@H](O)Cn1c2ccc(Cl)cc2c2cc(Cl)ccc21. The van der Waals surface area contributed by atoms with Gasteiger partial charge in [-0.2, -0.15) is 0 Å². The van der Waals surface area contributed by atoms with Crippen molar-refractivity contribution in [1.82, 2.24) is 4.57 Å². The molecular weight excluding hydrogens is 319 g/mol. The monoisotopic (exact) mass is 337 g/mol. The summed E-state index contributed by atoms with van der Waals surface area (Å²) in [5, 5.41) is 13.9. The number of quaternary nitrogens is 1. The van der Waals surface area contributed by atoms with E-state index in [-0.39, 0.29) is 0 Å². The van der Waals surface area contributed by atoms with Gasteiger partial charge in [0.1, 0.15) is 12.6 Å². The predicted octanol–water partition coefficient (Wildman–Crippen LogP) is 2.61. The predicted molar refractivity (Wildman–Crippen MR) is 93.1 cm³/mol. The number of aromatic nitrogens is 1. The third kappa shape index (κ3) is 2.95. The number of rotatable bonds is 4. The van der Waals surface area contributed by atoms with E-state index >= 15 is 0 Å². The molecule has 0 fully saturated rings. The van der Waals surface area contributed by atoms with Gasteiger partial charge in [0.05, 0.1) is 20.6 Å². The van der Waals surface area contributed by atoms with E-state index in [1.165, 1.54) is 4.90 Å². The number of benzene rings is 2. The average Bonchev–Trinajstić information content (AvgIpc) is 2.71. The maximum absolute atomic E-state index is 10.3. The zero-order valence-electron chi connectivity index (χ0n) is 12.6. The summed E-state index contributed by atoms with van der Waals surface area (Å²) in [7, 11) is 4.07. The molecule has 0 aliphatic heterocycles. The van der Waals surface area contributed by atoms with Crippen molar-refractivity contribution < 1.29 is 10.0 Å². The molecule has 3 aromatic rings. The van der Waals surface area contributed by atoms with Crippen LogP contribution < -0.4 is 4.90 Å². The van der Waals surface area contributed by atoms with Crippen molar-refractivity contribution in [2.75, 3.05) is 20.6 Å². The summed E-state index contributed by atoms with van der Waals surface area (Å²) in [6.07, 6.45) is -0.407. The van der Waals surface area contributed by atoms with Gasteiger partial charge in [0.15, 0.2) is 0 Å². The average molecular weight is 338 g/mol. The fraction of sp³-hybridized carbons (Fsp3) is 0.294. The van der Waals surface area contributed by atoms with Gasteiger partial charge in [0.2, 0.25) is 0 Å². The summed E-state index contributed by atoms with van der Waals surface area (Å²) in [6.45, 7) is 1.25. The summed E-state index contributed by atoms with van der Waals surface area (Å²) in [5.74, 6) is 0. The van der Waals surface area contributed by atoms with Crippen LogP contribution in [0.1, 0.15) is 0 Å². The first kappa shape index (κ1) is 15.6. The maximum atomic E-state index is 10.3. The zero-order chi connectivity index (χ0) is 15.9. The molecule has 5 heteroatoms. The van der Waals surface area contributed by atoms with E-state index in [9.17, 15) is 5.11 Å². The van der Waals surface area contributed by atoms with Crippen molar-refractivity contribution in [3.63, 3.8) is 0 Å². The normalized spacial score (nSPS) is 13.4. The number of aliphatic hydroxyl groups excluding tert-OH is 1. The first-order valence-electron chi connectivity index (χ1n) is 7.30. The number of hydrogen-bond donors (Lipinski definition) is 2. The standard InChI is InChI=1S/C17H18Cl2N2O/c1-20(2)9-13(22)10-21-16-5-3-11(18)7-14(16)15-8-12(19)4-6-17(15)21/h3-8,13,22H,9-10H2,1-2H3/p+1/t13-/m0/s1. The van der Waals surface area contributed by atoms with Gasteiger partial charge in [0.25, 0.3) is 0 Å². The minimum Gasteiger partial charge on any atom is -0.385 e. The fourth-order valence-corrected chi connectivity index (χ4v) is 3.34. The van der Waals surface area contributed by atoms with Crippen LogP contribution in [0.25, 0.3) is 21.8 Å². The molecule has 116 valence electrons. The van der Waals surface area contributed by atoms with Crippen LogP contribution in [0.5, 0.6) is 0 Å². The first-order chi connectivity index (χ1) is 10.5. The second-order valence-electron chi connectivity index (χ2n) is 6.00. The largest absolute Gasteiger partial charge is 0.385 e. The van der Waals surface area contributed by atoms with Gasteiger partial charge in [0, 0.05) is 31.9 Å². The van der Waals surface area contributed by atoms with E-state index in [1.54, 1.807) is 0 Å². The van der Waals surface area contributed by atoms with E-state index in [1.807, 2.05) is 50.5 Å². The molecule has 1 heterocycles. The Morgan fingerprint density at radius 3 is 1.95 bits per heavy atom. The third-order valence-corrected chi connectivity index (χ3v) is 4.30. The van der Waals surface area contributed by atoms with Crippen molar-refractivity contribution >= 4 is 45.0 Å². The minimum atomic E-state index is -0.407. The molecule has 1 atom stereocenters. The van der Waals surface area contributed by atoms with Crippen molar-refractivity contribution in [1.29, 1.82) is 0 Å². The lowest BCUT2D eigenvalue weighted by Gasteiger charge is -2.16. The van der Waals surface area contributed by atoms with Gasteiger partial charge in [-0.15, -0.1) is 0 Å². The highest BCUT2D eigenvalue weighted by molar-refractivity contribution is 6.33. The molecule has 3 rings (SSSR count). The van der Waals surface area contributed by atoms with Crippen LogP contribution in [0.3, 0.4) is 0 Å². The number of likely N-dealkylation sites (N-methyl/N-ethyl adjacent to an activating group) is 1. The molecule has 1 aromatic heterocycles. The Bertz CT molecular complexity index is 767. The van der Waals surface area contributed by atoms with Crippen LogP contribution in [-0.2, 0) is 6.54 Å². The van der Waals surface area contributed by atoms with E-state index < -0.39 is 6.10 Å². The zero-order valence-corrected chi connectivity index (χ0v) is 14.1. The Morgan fingerprint density at radius 1 is 1.00 bits per heavy atom. The Balaban J connectivity index is 2.18. The molecule has 0 unspecified atom stereocenters. The highest BCUT2D eigenvalue weighted by Crippen LogP contribution is 2.32. The second-order valence-corrected chi connectivity index (χ2v) is 6.87. The Morgan fingerprint density at radius 2 is 1.50 bits per heavy atom. The number of fused-ring (bicyclic) bond motifs is 3.